The molecule has 2 aliphatic carbocycles. The number of rotatable bonds is 3. The molecule has 112 valence electrons. The molecule has 4 atom stereocenters. The van der Waals surface area contributed by atoms with Crippen molar-refractivity contribution in [1.29, 1.82) is 0 Å². The van der Waals surface area contributed by atoms with E-state index in [0.717, 1.165) is 24.2 Å². The minimum atomic E-state index is -0.171. The molecule has 1 aromatic carbocycles. The molecule has 0 saturated heterocycles. The lowest BCUT2D eigenvalue weighted by molar-refractivity contribution is -0.123. The maximum Gasteiger partial charge on any atom is 0.252 e. The summed E-state index contributed by atoms with van der Waals surface area (Å²) >= 11 is 0. The molecule has 0 aliphatic heterocycles. The number of carbonyl (C=O) groups excluding carboxylic acids is 1. The monoisotopic (exact) mass is 287 g/mol. The molecule has 5 nitrogen and oxygen atoms in total. The molecule has 2 fully saturated rings. The minimum absolute atomic E-state index is 0.0991. The van der Waals surface area contributed by atoms with Gasteiger partial charge in [0.05, 0.1) is 13.0 Å². The fraction of sp³-hybridized carbons (Fsp3) is 0.500. The van der Waals surface area contributed by atoms with Crippen molar-refractivity contribution >= 4 is 11.9 Å². The molecule has 21 heavy (non-hydrogen) atoms. The zero-order valence-corrected chi connectivity index (χ0v) is 12.2. The molecule has 1 aromatic rings. The van der Waals surface area contributed by atoms with Crippen molar-refractivity contribution in [3.8, 4) is 5.75 Å². The van der Waals surface area contributed by atoms with E-state index in [0.29, 0.717) is 11.8 Å². The van der Waals surface area contributed by atoms with Crippen molar-refractivity contribution in [3.63, 3.8) is 0 Å². The Morgan fingerprint density at radius 2 is 2.05 bits per heavy atom. The predicted octanol–water partition coefficient (Wildman–Crippen LogP) is 1.62. The highest BCUT2D eigenvalue weighted by molar-refractivity contribution is 5.93. The number of hydrogen-bond donors (Lipinski definition) is 2. The average Bonchev–Trinajstić information content (AvgIpc) is 3.07. The van der Waals surface area contributed by atoms with Crippen LogP contribution < -0.4 is 16.2 Å². The van der Waals surface area contributed by atoms with Crippen LogP contribution in [-0.2, 0) is 4.79 Å². The van der Waals surface area contributed by atoms with Gasteiger partial charge in [-0.25, -0.2) is 0 Å². The van der Waals surface area contributed by atoms with Gasteiger partial charge in [0.15, 0.2) is 5.96 Å². The van der Waals surface area contributed by atoms with Gasteiger partial charge in [-0.1, -0.05) is 12.1 Å². The summed E-state index contributed by atoms with van der Waals surface area (Å²) in [6, 6.07) is 8.00. The van der Waals surface area contributed by atoms with E-state index in [2.05, 4.69) is 11.1 Å². The van der Waals surface area contributed by atoms with Crippen molar-refractivity contribution in [1.82, 2.24) is 0 Å². The normalized spacial score (nSPS) is 30.1. The van der Waals surface area contributed by atoms with E-state index in [1.807, 2.05) is 18.2 Å². The lowest BCUT2D eigenvalue weighted by Crippen LogP contribution is -2.31. The number of aliphatic imine (C=N–C) groups is 1. The number of guanidine groups is 1. The van der Waals surface area contributed by atoms with E-state index in [1.165, 1.54) is 6.42 Å². The van der Waals surface area contributed by atoms with Gasteiger partial charge in [-0.2, -0.15) is 4.99 Å². The second-order valence-electron chi connectivity index (χ2n) is 6.04. The summed E-state index contributed by atoms with van der Waals surface area (Å²) in [6.45, 7) is 0. The molecular weight excluding hydrogens is 266 g/mol. The molecule has 4 N–H and O–H groups in total. The second kappa shape index (κ2) is 5.39. The van der Waals surface area contributed by atoms with Crippen LogP contribution in [0.5, 0.6) is 5.75 Å². The van der Waals surface area contributed by atoms with E-state index in [-0.39, 0.29) is 23.7 Å². The second-order valence-corrected chi connectivity index (χ2v) is 6.04. The van der Waals surface area contributed by atoms with Gasteiger partial charge in [0, 0.05) is 0 Å². The highest BCUT2D eigenvalue weighted by Crippen LogP contribution is 2.57. The minimum Gasteiger partial charge on any atom is -0.497 e. The molecule has 2 aliphatic rings. The van der Waals surface area contributed by atoms with E-state index >= 15 is 0 Å². The van der Waals surface area contributed by atoms with Crippen molar-refractivity contribution in [3.05, 3.63) is 29.8 Å². The fourth-order valence-electron chi connectivity index (χ4n) is 4.18. The van der Waals surface area contributed by atoms with Crippen molar-refractivity contribution < 1.29 is 9.53 Å². The first-order valence-electron chi connectivity index (χ1n) is 7.37. The zero-order valence-electron chi connectivity index (χ0n) is 12.2. The number of nitrogens with two attached hydrogens (primary N) is 2. The van der Waals surface area contributed by atoms with E-state index in [4.69, 9.17) is 16.2 Å². The van der Waals surface area contributed by atoms with Gasteiger partial charge in [-0.15, -0.1) is 0 Å². The Morgan fingerprint density at radius 3 is 2.76 bits per heavy atom. The van der Waals surface area contributed by atoms with Crippen molar-refractivity contribution in [2.75, 3.05) is 7.11 Å². The van der Waals surface area contributed by atoms with Gasteiger partial charge < -0.3 is 16.2 Å². The number of methoxy groups -OCH3 is 1. The Balaban J connectivity index is 1.94. The number of nitrogens with zero attached hydrogens (tertiary/aromatic N) is 1. The molecule has 0 spiro atoms. The number of ether oxygens (including phenoxy) is 1. The first-order valence-corrected chi connectivity index (χ1v) is 7.37. The van der Waals surface area contributed by atoms with Gasteiger partial charge >= 0.3 is 0 Å². The summed E-state index contributed by atoms with van der Waals surface area (Å²) in [5, 5.41) is 0. The average molecular weight is 287 g/mol. The van der Waals surface area contributed by atoms with Gasteiger partial charge in [-0.3, -0.25) is 4.79 Å². The molecule has 3 rings (SSSR count). The first kappa shape index (κ1) is 13.9. The molecule has 0 radical (unpaired) electrons. The SMILES string of the molecule is COc1cccc([C@@H]2C3CCC(C3)[C@H]2C(=O)N=C(N)N)c1. The molecular formula is C16H21N3O2. The third-order valence-corrected chi connectivity index (χ3v) is 4.92. The predicted molar refractivity (Wildman–Crippen MR) is 80.9 cm³/mol. The Labute approximate surface area is 124 Å². The first-order chi connectivity index (χ1) is 10.1. The van der Waals surface area contributed by atoms with Crippen LogP contribution in [0.25, 0.3) is 0 Å². The quantitative estimate of drug-likeness (QED) is 0.653. The number of hydrogen-bond acceptors (Lipinski definition) is 2. The number of benzene rings is 1. The third kappa shape index (κ3) is 2.48. The van der Waals surface area contributed by atoms with E-state index in [9.17, 15) is 4.79 Å². The summed E-state index contributed by atoms with van der Waals surface area (Å²) in [5.41, 5.74) is 11.9. The van der Waals surface area contributed by atoms with Crippen molar-refractivity contribution in [2.24, 2.45) is 34.2 Å². The van der Waals surface area contributed by atoms with E-state index < -0.39 is 0 Å². The standard InChI is InChI=1S/C16H21N3O2/c1-21-12-4-2-3-9(8-12)13-10-5-6-11(7-10)14(13)15(20)19-16(17)18/h2-4,8,10-11,13-14H,5-7H2,1H3,(H4,17,18,19,20)/t10?,11?,13-,14-/m1/s1. The van der Waals surface area contributed by atoms with Crippen LogP contribution >= 0.6 is 0 Å². The topological polar surface area (TPSA) is 90.7 Å². The third-order valence-electron chi connectivity index (χ3n) is 4.92. The molecule has 2 unspecified atom stereocenters. The summed E-state index contributed by atoms with van der Waals surface area (Å²) in [6.07, 6.45) is 3.37. The molecule has 5 heteroatoms. The molecule has 0 heterocycles. The lowest BCUT2D eigenvalue weighted by Gasteiger charge is -2.29. The maximum absolute atomic E-state index is 12.4. The van der Waals surface area contributed by atoms with Gasteiger partial charge in [0.25, 0.3) is 5.91 Å². The van der Waals surface area contributed by atoms with E-state index in [1.54, 1.807) is 7.11 Å². The van der Waals surface area contributed by atoms with Crippen LogP contribution in [0.15, 0.2) is 29.3 Å². The lowest BCUT2D eigenvalue weighted by atomic mass is 9.75. The van der Waals surface area contributed by atoms with Gasteiger partial charge in [-0.05, 0) is 54.7 Å². The number of carbonyl (C=O) groups is 1. The summed E-state index contributed by atoms with van der Waals surface area (Å²) in [4.78, 5) is 16.2. The molecule has 1 amide bonds. The van der Waals surface area contributed by atoms with Crippen LogP contribution in [0.1, 0.15) is 30.7 Å². The maximum atomic E-state index is 12.4. The highest BCUT2D eigenvalue weighted by Gasteiger charge is 2.51. The summed E-state index contributed by atoms with van der Waals surface area (Å²) in [5.74, 6) is 1.56. The smallest absolute Gasteiger partial charge is 0.252 e. The molecule has 2 saturated carbocycles. The fourth-order valence-corrected chi connectivity index (χ4v) is 4.18. The molecule has 2 bridgehead atoms. The van der Waals surface area contributed by atoms with Crippen LogP contribution in [0, 0.1) is 17.8 Å². The number of amides is 1. The van der Waals surface area contributed by atoms with Crippen LogP contribution in [0.2, 0.25) is 0 Å². The largest absolute Gasteiger partial charge is 0.497 e. The Morgan fingerprint density at radius 1 is 1.29 bits per heavy atom. The number of fused-ring (bicyclic) bond motifs is 2. The molecule has 0 aromatic heterocycles. The Hall–Kier alpha value is -2.04. The zero-order chi connectivity index (χ0) is 15.0. The van der Waals surface area contributed by atoms with Crippen molar-refractivity contribution in [2.45, 2.75) is 25.2 Å². The van der Waals surface area contributed by atoms with Crippen LogP contribution in [-0.4, -0.2) is 19.0 Å². The van der Waals surface area contributed by atoms with Crippen LogP contribution in [0.3, 0.4) is 0 Å². The van der Waals surface area contributed by atoms with Crippen LogP contribution in [0.4, 0.5) is 0 Å². The Bertz CT molecular complexity index is 581. The summed E-state index contributed by atoms with van der Waals surface area (Å²) in [7, 11) is 1.65. The van der Waals surface area contributed by atoms with Gasteiger partial charge in [0.2, 0.25) is 0 Å². The Kier molecular flexibility index (Phi) is 3.57. The summed E-state index contributed by atoms with van der Waals surface area (Å²) < 4.78 is 5.30. The highest BCUT2D eigenvalue weighted by atomic mass is 16.5. The van der Waals surface area contributed by atoms with Gasteiger partial charge in [0.1, 0.15) is 5.75 Å².